The van der Waals surface area contributed by atoms with Gasteiger partial charge < -0.3 is 34.3 Å². The smallest absolute Gasteiger partial charge is 0.306 e. The maximum atomic E-state index is 12.8. The van der Waals surface area contributed by atoms with E-state index in [1.165, 1.54) is 38.5 Å². The van der Waals surface area contributed by atoms with E-state index >= 15 is 0 Å². The molecule has 4 N–H and O–H groups in total. The molecule has 6 atom stereocenters. The Kier molecular flexibility index (Phi) is 36.9. The van der Waals surface area contributed by atoms with Crippen molar-refractivity contribution < 1.29 is 56.8 Å². The third-order valence-electron chi connectivity index (χ3n) is 10.4. The molecule has 1 aliphatic heterocycles. The van der Waals surface area contributed by atoms with Gasteiger partial charge in [-0.25, -0.2) is 0 Å². The van der Waals surface area contributed by atoms with E-state index in [0.29, 0.717) is 12.8 Å². The van der Waals surface area contributed by atoms with Gasteiger partial charge in [0.15, 0.2) is 12.4 Å². The third kappa shape index (κ3) is 34.2. The van der Waals surface area contributed by atoms with Crippen LogP contribution in [0.4, 0.5) is 0 Å². The fourth-order valence-electron chi connectivity index (χ4n) is 6.66. The lowest BCUT2D eigenvalue weighted by molar-refractivity contribution is -0.297. The molecule has 1 heterocycles. The van der Waals surface area contributed by atoms with Crippen molar-refractivity contribution in [2.24, 2.45) is 0 Å². The van der Waals surface area contributed by atoms with Crippen LogP contribution in [-0.2, 0) is 38.7 Å². The summed E-state index contributed by atoms with van der Waals surface area (Å²) in [4.78, 5) is 25.5. The van der Waals surface area contributed by atoms with Crippen molar-refractivity contribution in [2.75, 3.05) is 19.0 Å². The molecule has 2 unspecified atom stereocenters. The monoisotopic (exact) mass is 921 g/mol. The third-order valence-corrected chi connectivity index (χ3v) is 11.2. The zero-order chi connectivity index (χ0) is 46.9. The number of rotatable bonds is 39. The first-order valence-corrected chi connectivity index (χ1v) is 25.8. The summed E-state index contributed by atoms with van der Waals surface area (Å²) in [6, 6.07) is 0. The van der Waals surface area contributed by atoms with Gasteiger partial charge in [-0.05, 0) is 96.3 Å². The molecule has 0 aliphatic carbocycles. The van der Waals surface area contributed by atoms with Crippen LogP contribution in [0.5, 0.6) is 0 Å². The first kappa shape index (κ1) is 58.8. The predicted octanol–water partition coefficient (Wildman–Crippen LogP) is 10.4. The molecule has 64 heavy (non-hydrogen) atoms. The number of hydrogen-bond donors (Lipinski definition) is 4. The second-order valence-corrected chi connectivity index (χ2v) is 17.9. The second-order valence-electron chi connectivity index (χ2n) is 16.4. The minimum absolute atomic E-state index is 0.126. The molecule has 0 bridgehead atoms. The van der Waals surface area contributed by atoms with Crippen molar-refractivity contribution >= 4 is 22.1 Å². The Bertz CT molecular complexity index is 1500. The molecule has 13 heteroatoms. The quantitative estimate of drug-likeness (QED) is 0.0198. The van der Waals surface area contributed by atoms with Gasteiger partial charge >= 0.3 is 11.9 Å². The molecule has 0 spiro atoms. The zero-order valence-corrected chi connectivity index (χ0v) is 39.9. The van der Waals surface area contributed by atoms with Gasteiger partial charge in [0, 0.05) is 12.8 Å². The molecular formula is C51H84O12S. The number of hydrogen-bond acceptors (Lipinski definition) is 11. The lowest BCUT2D eigenvalue weighted by atomic mass is 10.00. The summed E-state index contributed by atoms with van der Waals surface area (Å²) in [5.41, 5.74) is 0. The summed E-state index contributed by atoms with van der Waals surface area (Å²) in [6.45, 7) is 3.65. The predicted molar refractivity (Wildman–Crippen MR) is 256 cm³/mol. The van der Waals surface area contributed by atoms with E-state index in [1.54, 1.807) is 0 Å². The van der Waals surface area contributed by atoms with Gasteiger partial charge in [0.05, 0.1) is 6.61 Å². The van der Waals surface area contributed by atoms with Gasteiger partial charge in [0.25, 0.3) is 10.1 Å². The fourth-order valence-corrected chi connectivity index (χ4v) is 7.36. The molecule has 1 rings (SSSR count). The Balaban J connectivity index is 2.47. The number of ether oxygens (including phenoxy) is 4. The number of carbonyl (C=O) groups excluding carboxylic acids is 2. The summed E-state index contributed by atoms with van der Waals surface area (Å²) in [7, 11) is -4.62. The zero-order valence-electron chi connectivity index (χ0n) is 39.1. The number of unbranched alkanes of at least 4 members (excludes halogenated alkanes) is 13. The van der Waals surface area contributed by atoms with E-state index in [-0.39, 0.29) is 19.4 Å². The Morgan fingerprint density at radius 3 is 1.39 bits per heavy atom. The number of carbonyl (C=O) groups is 2. The van der Waals surface area contributed by atoms with E-state index in [4.69, 9.17) is 18.9 Å². The Morgan fingerprint density at radius 2 is 0.938 bits per heavy atom. The molecule has 1 saturated heterocycles. The van der Waals surface area contributed by atoms with E-state index in [0.717, 1.165) is 89.9 Å². The van der Waals surface area contributed by atoms with Crippen LogP contribution in [0.3, 0.4) is 0 Å². The SMILES string of the molecule is CCCCC/C=C/C/C=C/C/C=C/C/C=C/CCCCCC(=O)OC[C@H](CO[C@H]1O[C@H](CS(=O)(=O)O)[C@@H](O)C(O)C1O)OC(=O)CCCCCC/C=C/C/C=C/C/C=C/CCCCC. The number of esters is 2. The van der Waals surface area contributed by atoms with E-state index in [2.05, 4.69) is 98.9 Å². The van der Waals surface area contributed by atoms with Crippen molar-refractivity contribution in [2.45, 2.75) is 205 Å². The molecule has 0 saturated carbocycles. The summed E-state index contributed by atoms with van der Waals surface area (Å²) < 4.78 is 54.1. The van der Waals surface area contributed by atoms with Gasteiger partial charge in [-0.1, -0.05) is 144 Å². The molecule has 0 aromatic heterocycles. The van der Waals surface area contributed by atoms with Crippen LogP contribution in [0.1, 0.15) is 168 Å². The molecule has 0 aromatic rings. The molecule has 366 valence electrons. The summed E-state index contributed by atoms with van der Waals surface area (Å²) >= 11 is 0. The fraction of sp³-hybridized carbons (Fsp3) is 0.686. The van der Waals surface area contributed by atoms with Gasteiger partial charge in [-0.15, -0.1) is 0 Å². The van der Waals surface area contributed by atoms with Gasteiger partial charge in [-0.3, -0.25) is 14.1 Å². The maximum Gasteiger partial charge on any atom is 0.306 e. The van der Waals surface area contributed by atoms with E-state index < -0.39 is 71.2 Å². The van der Waals surface area contributed by atoms with E-state index in [1.807, 2.05) is 0 Å². The van der Waals surface area contributed by atoms with Gasteiger partial charge in [0.1, 0.15) is 36.8 Å². The lowest BCUT2D eigenvalue weighted by Crippen LogP contribution is -2.60. The Labute approximate surface area is 386 Å². The molecule has 1 aliphatic rings. The minimum atomic E-state index is -4.62. The van der Waals surface area contributed by atoms with Crippen molar-refractivity contribution in [3.8, 4) is 0 Å². The first-order valence-electron chi connectivity index (χ1n) is 24.1. The number of allylic oxidation sites excluding steroid dienone is 14. The largest absolute Gasteiger partial charge is 0.462 e. The molecule has 0 amide bonds. The highest BCUT2D eigenvalue weighted by Gasteiger charge is 2.46. The average Bonchev–Trinajstić information content (AvgIpc) is 3.26. The van der Waals surface area contributed by atoms with E-state index in [9.17, 15) is 37.9 Å². The molecule has 0 aromatic carbocycles. The topological polar surface area (TPSA) is 186 Å². The maximum absolute atomic E-state index is 12.8. The summed E-state index contributed by atoms with van der Waals surface area (Å²) in [5, 5.41) is 30.9. The highest BCUT2D eigenvalue weighted by atomic mass is 32.2. The van der Waals surface area contributed by atoms with Gasteiger partial charge in [0.2, 0.25) is 0 Å². The Morgan fingerprint density at radius 1 is 0.531 bits per heavy atom. The standard InChI is InChI=1S/C51H84O12S/c1-3-5-7-9-11-13-15-17-19-21-22-24-25-27-29-31-33-35-37-39-46(52)60-41-44(42-61-51-50(56)49(55)48(54)45(63-51)43-64(57,58)59)62-47(53)40-38-36-34-32-30-28-26-23-20-18-16-14-12-10-8-6-4-2/h11-14,17-20,22,24,26-29,44-45,48-51,54-56H,3-10,15-16,21,23,25,30-43H2,1-2H3,(H,57,58,59)/b13-11+,14-12+,19-17+,20-18+,24-22+,28-26+,29-27+/t44-,45-,48-,49?,50?,51+/m1/s1. The molecular weight excluding hydrogens is 837 g/mol. The first-order chi connectivity index (χ1) is 31.0. The van der Waals surface area contributed by atoms with Crippen molar-refractivity contribution in [3.05, 3.63) is 85.1 Å². The molecule has 1 fully saturated rings. The van der Waals surface area contributed by atoms with Crippen LogP contribution < -0.4 is 0 Å². The summed E-state index contributed by atoms with van der Waals surface area (Å²) in [5.74, 6) is -2.06. The molecule has 0 radical (unpaired) electrons. The molecule has 12 nitrogen and oxygen atoms in total. The van der Waals surface area contributed by atoms with Crippen LogP contribution in [-0.4, -0.2) is 96.0 Å². The minimum Gasteiger partial charge on any atom is -0.462 e. The van der Waals surface area contributed by atoms with Gasteiger partial charge in [-0.2, -0.15) is 8.42 Å². The number of aliphatic hydroxyl groups is 3. The highest BCUT2D eigenvalue weighted by molar-refractivity contribution is 7.85. The lowest BCUT2D eigenvalue weighted by Gasteiger charge is -2.40. The van der Waals surface area contributed by atoms with Crippen LogP contribution >= 0.6 is 0 Å². The highest BCUT2D eigenvalue weighted by Crippen LogP contribution is 2.24. The van der Waals surface area contributed by atoms with Crippen molar-refractivity contribution in [3.63, 3.8) is 0 Å². The van der Waals surface area contributed by atoms with Crippen molar-refractivity contribution in [1.29, 1.82) is 0 Å². The van der Waals surface area contributed by atoms with Crippen LogP contribution in [0, 0.1) is 0 Å². The van der Waals surface area contributed by atoms with Crippen molar-refractivity contribution in [1.82, 2.24) is 0 Å². The average molecular weight is 921 g/mol. The Hall–Kier alpha value is -3.17. The van der Waals surface area contributed by atoms with Crippen LogP contribution in [0.2, 0.25) is 0 Å². The number of aliphatic hydroxyl groups excluding tert-OH is 3. The normalized spacial score (nSPS) is 20.4. The second kappa shape index (κ2) is 40.1. The van der Waals surface area contributed by atoms with Crippen LogP contribution in [0.15, 0.2) is 85.1 Å². The summed E-state index contributed by atoms with van der Waals surface area (Å²) in [6.07, 6.45) is 43.3. The van der Waals surface area contributed by atoms with Crippen LogP contribution in [0.25, 0.3) is 0 Å².